The molecule has 0 bridgehead atoms. The standard InChI is InChI=1S/C33H31N3O4S2/c1-20-15-17-22(18-16-20)28-21(2)41-33(35-28)36-31(38)29(23-9-4-3-5-10-23)42-25-12-8-11-24(19-25)34-30(37)26-13-6-7-14-27(26)32(39)40/h3-12,15-19,26-27,29H,13-14H2,1-2H3,(H,34,37)(H,39,40)(H,35,36,38). The van der Waals surface area contributed by atoms with Crippen molar-refractivity contribution in [3.63, 3.8) is 0 Å². The van der Waals surface area contributed by atoms with Crippen LogP contribution in [0.1, 0.15) is 34.1 Å². The number of aryl methyl sites for hydroxylation is 2. The number of nitrogens with one attached hydrogen (secondary N) is 2. The molecule has 0 fully saturated rings. The van der Waals surface area contributed by atoms with Crippen molar-refractivity contribution in [2.75, 3.05) is 10.6 Å². The first-order chi connectivity index (χ1) is 20.3. The second kappa shape index (κ2) is 13.2. The van der Waals surface area contributed by atoms with Crippen LogP contribution in [-0.2, 0) is 14.4 Å². The number of allylic oxidation sites excluding steroid dienone is 2. The summed E-state index contributed by atoms with van der Waals surface area (Å²) in [5.41, 5.74) is 4.40. The molecule has 1 aliphatic carbocycles. The highest BCUT2D eigenvalue weighted by Gasteiger charge is 2.34. The molecule has 1 heterocycles. The number of nitrogens with zero attached hydrogens (tertiary/aromatic N) is 1. The van der Waals surface area contributed by atoms with Crippen molar-refractivity contribution in [3.05, 3.63) is 107 Å². The van der Waals surface area contributed by atoms with E-state index in [0.29, 0.717) is 23.7 Å². The van der Waals surface area contributed by atoms with Crippen molar-refractivity contribution in [3.8, 4) is 11.3 Å². The van der Waals surface area contributed by atoms with Crippen LogP contribution in [-0.4, -0.2) is 27.9 Å². The molecule has 3 unspecified atom stereocenters. The number of hydrogen-bond donors (Lipinski definition) is 3. The summed E-state index contributed by atoms with van der Waals surface area (Å²) < 4.78 is 0. The van der Waals surface area contributed by atoms with Gasteiger partial charge in [0.15, 0.2) is 5.13 Å². The number of aliphatic carboxylic acids is 1. The van der Waals surface area contributed by atoms with Crippen molar-refractivity contribution in [2.45, 2.75) is 36.8 Å². The molecular weight excluding hydrogens is 567 g/mol. The molecule has 2 amide bonds. The third-order valence-corrected chi connectivity index (χ3v) is 9.27. The predicted molar refractivity (Wildman–Crippen MR) is 169 cm³/mol. The predicted octanol–water partition coefficient (Wildman–Crippen LogP) is 7.50. The number of carboxylic acid groups (broad SMARTS) is 1. The fraction of sp³-hybridized carbons (Fsp3) is 0.212. The summed E-state index contributed by atoms with van der Waals surface area (Å²) in [6, 6.07) is 24.9. The fourth-order valence-corrected chi connectivity index (χ4v) is 6.82. The Kier molecular flexibility index (Phi) is 9.19. The monoisotopic (exact) mass is 597 g/mol. The molecule has 0 radical (unpaired) electrons. The van der Waals surface area contributed by atoms with Crippen LogP contribution < -0.4 is 10.6 Å². The van der Waals surface area contributed by atoms with E-state index in [-0.39, 0.29) is 11.8 Å². The summed E-state index contributed by atoms with van der Waals surface area (Å²) in [4.78, 5) is 44.9. The molecule has 0 saturated carbocycles. The van der Waals surface area contributed by atoms with Gasteiger partial charge in [-0.3, -0.25) is 14.4 Å². The Morgan fingerprint density at radius 1 is 0.905 bits per heavy atom. The Balaban J connectivity index is 1.34. The number of carbonyl (C=O) groups excluding carboxylic acids is 2. The maximum Gasteiger partial charge on any atom is 0.307 e. The van der Waals surface area contributed by atoms with E-state index in [0.717, 1.165) is 26.6 Å². The second-order valence-corrected chi connectivity index (χ2v) is 12.6. The Bertz CT molecular complexity index is 1620. The minimum atomic E-state index is -0.970. The van der Waals surface area contributed by atoms with Crippen LogP contribution in [0.15, 0.2) is 95.9 Å². The number of carboxylic acids is 1. The van der Waals surface area contributed by atoms with Crippen molar-refractivity contribution in [1.82, 2.24) is 4.98 Å². The molecule has 3 aromatic carbocycles. The van der Waals surface area contributed by atoms with Gasteiger partial charge in [-0.05, 0) is 50.5 Å². The van der Waals surface area contributed by atoms with Gasteiger partial charge in [-0.2, -0.15) is 0 Å². The van der Waals surface area contributed by atoms with E-state index < -0.39 is 23.1 Å². The van der Waals surface area contributed by atoms with Crippen LogP contribution in [0.4, 0.5) is 10.8 Å². The largest absolute Gasteiger partial charge is 0.481 e. The van der Waals surface area contributed by atoms with E-state index in [1.807, 2.05) is 98.8 Å². The van der Waals surface area contributed by atoms with Gasteiger partial charge in [0, 0.05) is 21.0 Å². The van der Waals surface area contributed by atoms with E-state index in [9.17, 15) is 19.5 Å². The molecule has 4 aromatic rings. The number of amides is 2. The highest BCUT2D eigenvalue weighted by atomic mass is 32.2. The lowest BCUT2D eigenvalue weighted by Gasteiger charge is -2.24. The molecular formula is C33H31N3O4S2. The van der Waals surface area contributed by atoms with Crippen molar-refractivity contribution >= 4 is 51.7 Å². The summed E-state index contributed by atoms with van der Waals surface area (Å²) in [5.74, 6) is -2.89. The van der Waals surface area contributed by atoms with Crippen molar-refractivity contribution < 1.29 is 19.5 Å². The Hall–Kier alpha value is -4.21. The topological polar surface area (TPSA) is 108 Å². The van der Waals surface area contributed by atoms with Crippen LogP contribution in [0.5, 0.6) is 0 Å². The highest BCUT2D eigenvalue weighted by Crippen LogP contribution is 2.38. The molecule has 9 heteroatoms. The molecule has 3 N–H and O–H groups in total. The van der Waals surface area contributed by atoms with E-state index in [1.165, 1.54) is 28.7 Å². The van der Waals surface area contributed by atoms with Gasteiger partial charge in [-0.15, -0.1) is 23.1 Å². The third kappa shape index (κ3) is 6.98. The van der Waals surface area contributed by atoms with Gasteiger partial charge < -0.3 is 15.7 Å². The van der Waals surface area contributed by atoms with Gasteiger partial charge in [0.2, 0.25) is 11.8 Å². The first-order valence-electron chi connectivity index (χ1n) is 13.6. The molecule has 3 atom stereocenters. The maximum absolute atomic E-state index is 13.7. The Labute approximate surface area is 253 Å². The molecule has 1 aromatic heterocycles. The number of benzene rings is 3. The molecule has 214 valence electrons. The first kappa shape index (κ1) is 29.3. The zero-order chi connectivity index (χ0) is 29.6. The first-order valence-corrected chi connectivity index (χ1v) is 15.3. The Morgan fingerprint density at radius 2 is 1.62 bits per heavy atom. The lowest BCUT2D eigenvalue weighted by Crippen LogP contribution is -2.34. The third-order valence-electron chi connectivity index (χ3n) is 7.13. The fourth-order valence-electron chi connectivity index (χ4n) is 4.90. The van der Waals surface area contributed by atoms with Crippen molar-refractivity contribution in [1.29, 1.82) is 0 Å². The average molecular weight is 598 g/mol. The van der Waals surface area contributed by atoms with Gasteiger partial charge >= 0.3 is 5.97 Å². The molecule has 0 saturated heterocycles. The van der Waals surface area contributed by atoms with Crippen LogP contribution in [0, 0.1) is 25.7 Å². The van der Waals surface area contributed by atoms with Crippen LogP contribution >= 0.6 is 23.1 Å². The molecule has 1 aliphatic rings. The van der Waals surface area contributed by atoms with Crippen molar-refractivity contribution in [2.24, 2.45) is 11.8 Å². The lowest BCUT2D eigenvalue weighted by molar-refractivity contribution is -0.146. The van der Waals surface area contributed by atoms with Gasteiger partial charge in [0.25, 0.3) is 0 Å². The van der Waals surface area contributed by atoms with E-state index in [1.54, 1.807) is 6.07 Å². The van der Waals surface area contributed by atoms with Crippen LogP contribution in [0.25, 0.3) is 11.3 Å². The smallest absolute Gasteiger partial charge is 0.307 e. The SMILES string of the molecule is Cc1ccc(-c2nc(NC(=O)C(Sc3cccc(NC(=O)C4CC=CCC4C(=O)O)c3)c3ccccc3)sc2C)cc1. The second-order valence-electron chi connectivity index (χ2n) is 10.2. The van der Waals surface area contributed by atoms with E-state index in [4.69, 9.17) is 4.98 Å². The number of thioether (sulfide) groups is 1. The summed E-state index contributed by atoms with van der Waals surface area (Å²) in [7, 11) is 0. The van der Waals surface area contributed by atoms with Gasteiger partial charge in [-0.1, -0.05) is 78.4 Å². The molecule has 5 rings (SSSR count). The summed E-state index contributed by atoms with van der Waals surface area (Å²) in [6.45, 7) is 4.03. The number of anilines is 2. The van der Waals surface area contributed by atoms with Crippen LogP contribution in [0.3, 0.4) is 0 Å². The number of hydrogen-bond acceptors (Lipinski definition) is 6. The minimum absolute atomic E-state index is 0.205. The molecule has 7 nitrogen and oxygen atoms in total. The lowest BCUT2D eigenvalue weighted by atomic mass is 9.82. The number of rotatable bonds is 9. The average Bonchev–Trinajstić information content (AvgIpc) is 3.36. The quantitative estimate of drug-likeness (QED) is 0.136. The van der Waals surface area contributed by atoms with Gasteiger partial charge in [-0.25, -0.2) is 4.98 Å². The molecule has 42 heavy (non-hydrogen) atoms. The van der Waals surface area contributed by atoms with E-state index >= 15 is 0 Å². The number of aromatic nitrogens is 1. The zero-order valence-electron chi connectivity index (χ0n) is 23.2. The van der Waals surface area contributed by atoms with Gasteiger partial charge in [0.1, 0.15) is 5.25 Å². The normalized spacial score (nSPS) is 16.9. The van der Waals surface area contributed by atoms with Gasteiger partial charge in [0.05, 0.1) is 17.5 Å². The summed E-state index contributed by atoms with van der Waals surface area (Å²) >= 11 is 2.81. The molecule has 0 spiro atoms. The number of thiazole rings is 1. The maximum atomic E-state index is 13.7. The van der Waals surface area contributed by atoms with Crippen LogP contribution in [0.2, 0.25) is 0 Å². The highest BCUT2D eigenvalue weighted by molar-refractivity contribution is 8.00. The number of carbonyl (C=O) groups is 3. The zero-order valence-corrected chi connectivity index (χ0v) is 24.9. The molecule has 0 aliphatic heterocycles. The minimum Gasteiger partial charge on any atom is -0.481 e. The Morgan fingerprint density at radius 3 is 2.33 bits per heavy atom. The summed E-state index contributed by atoms with van der Waals surface area (Å²) in [6.07, 6.45) is 4.38. The summed E-state index contributed by atoms with van der Waals surface area (Å²) in [5, 5.41) is 15.4. The van der Waals surface area contributed by atoms with E-state index in [2.05, 4.69) is 10.6 Å².